The van der Waals surface area contributed by atoms with Crippen molar-refractivity contribution in [1.29, 1.82) is 0 Å². The van der Waals surface area contributed by atoms with E-state index in [1.54, 1.807) is 6.08 Å². The van der Waals surface area contributed by atoms with Crippen LogP contribution in [0.1, 0.15) is 11.3 Å². The van der Waals surface area contributed by atoms with Crippen molar-refractivity contribution in [2.45, 2.75) is 12.6 Å². The van der Waals surface area contributed by atoms with Crippen molar-refractivity contribution in [1.82, 2.24) is 4.98 Å². The van der Waals surface area contributed by atoms with Crippen molar-refractivity contribution < 1.29 is 13.2 Å². The van der Waals surface area contributed by atoms with E-state index in [-0.39, 0.29) is 0 Å². The number of halogens is 3. The highest BCUT2D eigenvalue weighted by Gasteiger charge is 2.31. The SMILES string of the molecule is C=CCc1ccc(C(F)(F)F)nc1. The molecule has 0 atom stereocenters. The molecule has 1 rings (SSSR count). The van der Waals surface area contributed by atoms with Gasteiger partial charge >= 0.3 is 6.18 Å². The standard InChI is InChI=1S/C9H8F3N/c1-2-3-7-4-5-8(13-6-7)9(10,11)12/h2,4-6H,1,3H2. The number of pyridine rings is 1. The highest BCUT2D eigenvalue weighted by molar-refractivity contribution is 5.17. The van der Waals surface area contributed by atoms with E-state index in [1.165, 1.54) is 12.3 Å². The molecule has 13 heavy (non-hydrogen) atoms. The molecule has 0 unspecified atom stereocenters. The van der Waals surface area contributed by atoms with E-state index >= 15 is 0 Å². The maximum Gasteiger partial charge on any atom is 0.433 e. The predicted octanol–water partition coefficient (Wildman–Crippen LogP) is 2.83. The lowest BCUT2D eigenvalue weighted by atomic mass is 10.2. The predicted molar refractivity (Wildman–Crippen MR) is 43.1 cm³/mol. The molecule has 0 radical (unpaired) electrons. The van der Waals surface area contributed by atoms with Crippen molar-refractivity contribution in [3.05, 3.63) is 42.2 Å². The van der Waals surface area contributed by atoms with Gasteiger partial charge in [0.2, 0.25) is 0 Å². The Morgan fingerprint density at radius 3 is 2.46 bits per heavy atom. The molecule has 0 N–H and O–H groups in total. The van der Waals surface area contributed by atoms with Crippen LogP contribution in [0.15, 0.2) is 31.0 Å². The van der Waals surface area contributed by atoms with Gasteiger partial charge in [-0.25, -0.2) is 0 Å². The van der Waals surface area contributed by atoms with Crippen LogP contribution in [0, 0.1) is 0 Å². The van der Waals surface area contributed by atoms with Crippen LogP contribution < -0.4 is 0 Å². The van der Waals surface area contributed by atoms with E-state index in [9.17, 15) is 13.2 Å². The van der Waals surface area contributed by atoms with E-state index in [2.05, 4.69) is 11.6 Å². The summed E-state index contributed by atoms with van der Waals surface area (Å²) in [6.07, 6.45) is -0.993. The van der Waals surface area contributed by atoms with Crippen LogP contribution in [0.3, 0.4) is 0 Å². The summed E-state index contributed by atoms with van der Waals surface area (Å²) in [7, 11) is 0. The van der Waals surface area contributed by atoms with Crippen LogP contribution in [-0.2, 0) is 12.6 Å². The Labute approximate surface area is 73.9 Å². The average Bonchev–Trinajstić information content (AvgIpc) is 2.04. The summed E-state index contributed by atoms with van der Waals surface area (Å²) in [5.41, 5.74) is -0.136. The second kappa shape index (κ2) is 3.60. The van der Waals surface area contributed by atoms with Crippen LogP contribution in [0.2, 0.25) is 0 Å². The maximum atomic E-state index is 12.0. The Morgan fingerprint density at radius 1 is 1.38 bits per heavy atom. The fraction of sp³-hybridized carbons (Fsp3) is 0.222. The molecular weight excluding hydrogens is 179 g/mol. The van der Waals surface area contributed by atoms with Gasteiger partial charge < -0.3 is 0 Å². The molecule has 0 spiro atoms. The number of hydrogen-bond acceptors (Lipinski definition) is 1. The van der Waals surface area contributed by atoms with Gasteiger partial charge in [0.15, 0.2) is 0 Å². The molecule has 0 fully saturated rings. The lowest BCUT2D eigenvalue weighted by molar-refractivity contribution is -0.141. The summed E-state index contributed by atoms with van der Waals surface area (Å²) in [5, 5.41) is 0. The first-order chi connectivity index (χ1) is 6.04. The summed E-state index contributed by atoms with van der Waals surface area (Å²) in [6, 6.07) is 2.37. The number of alkyl halides is 3. The molecule has 0 aliphatic rings. The lowest BCUT2D eigenvalue weighted by Gasteiger charge is -2.05. The molecule has 1 aromatic heterocycles. The minimum Gasteiger partial charge on any atom is -0.251 e. The van der Waals surface area contributed by atoms with Gasteiger partial charge in [-0.2, -0.15) is 13.2 Å². The first-order valence-corrected chi connectivity index (χ1v) is 3.67. The molecule has 0 aliphatic heterocycles. The minimum absolute atomic E-state index is 0.533. The molecule has 0 saturated carbocycles. The zero-order valence-corrected chi connectivity index (χ0v) is 6.80. The summed E-state index contributed by atoms with van der Waals surface area (Å²) in [5.74, 6) is 0. The smallest absolute Gasteiger partial charge is 0.251 e. The lowest BCUT2D eigenvalue weighted by Crippen LogP contribution is -2.07. The molecule has 0 saturated heterocycles. The van der Waals surface area contributed by atoms with Crippen molar-refractivity contribution in [3.8, 4) is 0 Å². The van der Waals surface area contributed by atoms with Gasteiger partial charge in [0.05, 0.1) is 0 Å². The molecule has 0 bridgehead atoms. The van der Waals surface area contributed by atoms with Crippen LogP contribution in [0.4, 0.5) is 13.2 Å². The summed E-state index contributed by atoms with van der Waals surface area (Å²) in [4.78, 5) is 3.30. The van der Waals surface area contributed by atoms with Gasteiger partial charge in [0.1, 0.15) is 5.69 Å². The number of aromatic nitrogens is 1. The zero-order valence-electron chi connectivity index (χ0n) is 6.80. The Hall–Kier alpha value is -1.32. The Balaban J connectivity index is 2.87. The van der Waals surface area contributed by atoms with Gasteiger partial charge in [0.25, 0.3) is 0 Å². The van der Waals surface area contributed by atoms with E-state index in [1.807, 2.05) is 0 Å². The molecule has 70 valence electrons. The first kappa shape index (κ1) is 9.77. The quantitative estimate of drug-likeness (QED) is 0.649. The Bertz CT molecular complexity index is 287. The number of hydrogen-bond donors (Lipinski definition) is 0. The molecule has 0 aromatic carbocycles. The van der Waals surface area contributed by atoms with E-state index in [0.717, 1.165) is 11.6 Å². The van der Waals surface area contributed by atoms with Gasteiger partial charge in [-0.05, 0) is 18.1 Å². The number of nitrogens with zero attached hydrogens (tertiary/aromatic N) is 1. The van der Waals surface area contributed by atoms with E-state index in [0.29, 0.717) is 6.42 Å². The number of allylic oxidation sites excluding steroid dienone is 1. The molecule has 0 aliphatic carbocycles. The van der Waals surface area contributed by atoms with Gasteiger partial charge in [-0.3, -0.25) is 4.98 Å². The fourth-order valence-electron chi connectivity index (χ4n) is 0.880. The van der Waals surface area contributed by atoms with Gasteiger partial charge in [-0.1, -0.05) is 12.1 Å². The summed E-state index contributed by atoms with van der Waals surface area (Å²) in [6.45, 7) is 3.48. The third-order valence-corrected chi connectivity index (χ3v) is 1.50. The highest BCUT2D eigenvalue weighted by Crippen LogP contribution is 2.27. The van der Waals surface area contributed by atoms with Crippen LogP contribution >= 0.6 is 0 Å². The molecule has 4 heteroatoms. The first-order valence-electron chi connectivity index (χ1n) is 3.67. The van der Waals surface area contributed by atoms with Crippen LogP contribution in [0.5, 0.6) is 0 Å². The van der Waals surface area contributed by atoms with Gasteiger partial charge in [0, 0.05) is 6.20 Å². The third-order valence-electron chi connectivity index (χ3n) is 1.50. The molecule has 0 amide bonds. The zero-order chi connectivity index (χ0) is 9.90. The molecular formula is C9H8F3N. The highest BCUT2D eigenvalue weighted by atomic mass is 19.4. The van der Waals surface area contributed by atoms with E-state index in [4.69, 9.17) is 0 Å². The summed E-state index contributed by atoms with van der Waals surface area (Å²) < 4.78 is 36.1. The van der Waals surface area contributed by atoms with Crippen molar-refractivity contribution in [2.24, 2.45) is 0 Å². The fourth-order valence-corrected chi connectivity index (χ4v) is 0.880. The molecule has 1 nitrogen and oxygen atoms in total. The normalized spacial score (nSPS) is 11.3. The van der Waals surface area contributed by atoms with Crippen molar-refractivity contribution >= 4 is 0 Å². The second-order valence-electron chi connectivity index (χ2n) is 2.54. The van der Waals surface area contributed by atoms with Gasteiger partial charge in [-0.15, -0.1) is 6.58 Å². The Morgan fingerprint density at radius 2 is 2.08 bits per heavy atom. The topological polar surface area (TPSA) is 12.9 Å². The summed E-state index contributed by atoms with van der Waals surface area (Å²) >= 11 is 0. The molecule has 1 aromatic rings. The Kier molecular flexibility index (Phi) is 2.70. The van der Waals surface area contributed by atoms with E-state index < -0.39 is 11.9 Å². The van der Waals surface area contributed by atoms with Crippen LogP contribution in [0.25, 0.3) is 0 Å². The maximum absolute atomic E-state index is 12.0. The number of rotatable bonds is 2. The minimum atomic E-state index is -4.35. The second-order valence-corrected chi connectivity index (χ2v) is 2.54. The molecule has 1 heterocycles. The average molecular weight is 187 g/mol. The van der Waals surface area contributed by atoms with Crippen molar-refractivity contribution in [2.75, 3.05) is 0 Å². The monoisotopic (exact) mass is 187 g/mol. The third kappa shape index (κ3) is 2.57. The van der Waals surface area contributed by atoms with Crippen molar-refractivity contribution in [3.63, 3.8) is 0 Å². The largest absolute Gasteiger partial charge is 0.433 e. The van der Waals surface area contributed by atoms with Crippen LogP contribution in [-0.4, -0.2) is 4.98 Å².